The van der Waals surface area contributed by atoms with Crippen molar-refractivity contribution < 1.29 is 19.1 Å². The predicted octanol–water partition coefficient (Wildman–Crippen LogP) is 3.52. The molecule has 1 aliphatic heterocycles. The van der Waals surface area contributed by atoms with Crippen LogP contribution in [-0.4, -0.2) is 41.2 Å². The maximum Gasteiger partial charge on any atom is 0.268 e. The van der Waals surface area contributed by atoms with Crippen LogP contribution in [0.1, 0.15) is 25.0 Å². The Kier molecular flexibility index (Phi) is 6.04. The van der Waals surface area contributed by atoms with Gasteiger partial charge >= 0.3 is 0 Å². The van der Waals surface area contributed by atoms with Crippen LogP contribution in [0.5, 0.6) is 11.5 Å². The molecule has 0 unspecified atom stereocenters. The Morgan fingerprint density at radius 1 is 1.07 bits per heavy atom. The predicted molar refractivity (Wildman–Crippen MR) is 109 cm³/mol. The highest BCUT2D eigenvalue weighted by atomic mass is 32.2. The molecular weight excluding hydrogens is 376 g/mol. The van der Waals surface area contributed by atoms with Gasteiger partial charge in [0.25, 0.3) is 11.8 Å². The minimum absolute atomic E-state index is 0.153. The number of thioether (sulfide) groups is 1. The molecule has 0 bridgehead atoms. The van der Waals surface area contributed by atoms with E-state index in [1.165, 1.54) is 23.8 Å². The Labute approximate surface area is 168 Å². The zero-order chi connectivity index (χ0) is 20.3. The lowest BCUT2D eigenvalue weighted by molar-refractivity contribution is -0.137. The third-order valence-electron chi connectivity index (χ3n) is 4.21. The molecule has 0 spiro atoms. The van der Waals surface area contributed by atoms with Crippen molar-refractivity contribution in [2.45, 2.75) is 25.6 Å². The number of ether oxygens (including phenoxy) is 2. The monoisotopic (exact) mass is 398 g/mol. The molecule has 0 N–H and O–H groups in total. The molecule has 2 amide bonds. The standard InChI is InChI=1S/C21H22N2O4S/c1-13(2)28-19-18(15-7-8-16(26-3)17(10-15)27-4)20(24)23(21(19)25)12-14-6-5-9-22-11-14/h5-11,13H,12H2,1-4H3. The second kappa shape index (κ2) is 8.48. The summed E-state index contributed by atoms with van der Waals surface area (Å²) in [6.07, 6.45) is 3.31. The SMILES string of the molecule is COc1ccc(C2=C(SC(C)C)C(=O)N(Cc3cccnc3)C2=O)cc1OC. The molecule has 1 aromatic heterocycles. The van der Waals surface area contributed by atoms with Crippen molar-refractivity contribution in [2.75, 3.05) is 14.2 Å². The van der Waals surface area contributed by atoms with E-state index in [1.54, 1.807) is 43.8 Å². The van der Waals surface area contributed by atoms with Crippen LogP contribution in [0.15, 0.2) is 47.6 Å². The molecule has 7 heteroatoms. The van der Waals surface area contributed by atoms with Crippen molar-refractivity contribution >= 4 is 29.1 Å². The summed E-state index contributed by atoms with van der Waals surface area (Å²) < 4.78 is 10.6. The molecule has 0 saturated heterocycles. The van der Waals surface area contributed by atoms with Gasteiger partial charge in [0.1, 0.15) is 0 Å². The Morgan fingerprint density at radius 3 is 2.43 bits per heavy atom. The molecule has 0 fully saturated rings. The smallest absolute Gasteiger partial charge is 0.268 e. The van der Waals surface area contributed by atoms with E-state index in [0.717, 1.165) is 5.56 Å². The highest BCUT2D eigenvalue weighted by Crippen LogP contribution is 2.40. The van der Waals surface area contributed by atoms with Gasteiger partial charge in [0.2, 0.25) is 0 Å². The van der Waals surface area contributed by atoms with Gasteiger partial charge in [-0.25, -0.2) is 0 Å². The lowest BCUT2D eigenvalue weighted by atomic mass is 10.1. The van der Waals surface area contributed by atoms with Gasteiger partial charge in [-0.05, 0) is 29.3 Å². The van der Waals surface area contributed by atoms with Gasteiger partial charge in [0, 0.05) is 17.6 Å². The molecule has 146 valence electrons. The van der Waals surface area contributed by atoms with Crippen molar-refractivity contribution in [1.82, 2.24) is 9.88 Å². The number of methoxy groups -OCH3 is 2. The number of hydrogen-bond donors (Lipinski definition) is 0. The number of imide groups is 1. The maximum absolute atomic E-state index is 13.2. The third kappa shape index (κ3) is 3.89. The van der Waals surface area contributed by atoms with E-state index in [1.807, 2.05) is 19.9 Å². The van der Waals surface area contributed by atoms with Crippen molar-refractivity contribution in [3.05, 3.63) is 58.8 Å². The highest BCUT2D eigenvalue weighted by molar-refractivity contribution is 8.04. The van der Waals surface area contributed by atoms with E-state index in [9.17, 15) is 9.59 Å². The summed E-state index contributed by atoms with van der Waals surface area (Å²) in [4.78, 5) is 32.1. The molecule has 2 aromatic rings. The van der Waals surface area contributed by atoms with Crippen LogP contribution in [0.3, 0.4) is 0 Å². The number of rotatable bonds is 7. The number of carbonyl (C=O) groups excluding carboxylic acids is 2. The topological polar surface area (TPSA) is 68.7 Å². The van der Waals surface area contributed by atoms with Crippen molar-refractivity contribution in [1.29, 1.82) is 0 Å². The molecule has 0 aliphatic carbocycles. The van der Waals surface area contributed by atoms with E-state index in [0.29, 0.717) is 27.5 Å². The summed E-state index contributed by atoms with van der Waals surface area (Å²) in [5.41, 5.74) is 1.83. The molecule has 0 saturated carbocycles. The van der Waals surface area contributed by atoms with Crippen molar-refractivity contribution in [3.63, 3.8) is 0 Å². The fraction of sp³-hybridized carbons (Fsp3) is 0.286. The molecule has 1 aromatic carbocycles. The summed E-state index contributed by atoms with van der Waals surface area (Å²) >= 11 is 1.39. The number of benzene rings is 1. The van der Waals surface area contributed by atoms with E-state index in [-0.39, 0.29) is 23.6 Å². The molecule has 28 heavy (non-hydrogen) atoms. The Hall–Kier alpha value is -2.80. The van der Waals surface area contributed by atoms with Crippen LogP contribution in [0, 0.1) is 0 Å². The third-order valence-corrected chi connectivity index (χ3v) is 5.30. The fourth-order valence-electron chi connectivity index (χ4n) is 2.96. The molecule has 6 nitrogen and oxygen atoms in total. The van der Waals surface area contributed by atoms with Gasteiger partial charge in [-0.3, -0.25) is 19.5 Å². The Balaban J connectivity index is 2.03. The summed E-state index contributed by atoms with van der Waals surface area (Å²) in [5.74, 6) is 0.475. The summed E-state index contributed by atoms with van der Waals surface area (Å²) in [5, 5.41) is 0.153. The minimum atomic E-state index is -0.316. The van der Waals surface area contributed by atoms with Gasteiger partial charge in [0.05, 0.1) is 31.2 Å². The quantitative estimate of drug-likeness (QED) is 0.665. The number of aromatic nitrogens is 1. The second-order valence-electron chi connectivity index (χ2n) is 6.50. The van der Waals surface area contributed by atoms with Crippen LogP contribution in [-0.2, 0) is 16.1 Å². The number of pyridine rings is 1. The molecule has 2 heterocycles. The Bertz CT molecular complexity index is 925. The average molecular weight is 398 g/mol. The van der Waals surface area contributed by atoms with E-state index >= 15 is 0 Å². The fourth-order valence-corrected chi connectivity index (χ4v) is 3.97. The van der Waals surface area contributed by atoms with Crippen LogP contribution in [0.2, 0.25) is 0 Å². The first-order chi connectivity index (χ1) is 13.5. The molecular formula is C21H22N2O4S. The molecule has 1 aliphatic rings. The lowest BCUT2D eigenvalue weighted by Gasteiger charge is -2.15. The van der Waals surface area contributed by atoms with Crippen LogP contribution >= 0.6 is 11.8 Å². The zero-order valence-corrected chi connectivity index (χ0v) is 17.1. The van der Waals surface area contributed by atoms with Crippen molar-refractivity contribution in [3.8, 4) is 11.5 Å². The summed E-state index contributed by atoms with van der Waals surface area (Å²) in [7, 11) is 3.09. The van der Waals surface area contributed by atoms with E-state index in [2.05, 4.69) is 4.98 Å². The average Bonchev–Trinajstić information content (AvgIpc) is 2.92. The van der Waals surface area contributed by atoms with Gasteiger partial charge in [-0.15, -0.1) is 11.8 Å². The molecule has 0 atom stereocenters. The second-order valence-corrected chi connectivity index (χ2v) is 8.08. The van der Waals surface area contributed by atoms with Gasteiger partial charge < -0.3 is 9.47 Å². The highest BCUT2D eigenvalue weighted by Gasteiger charge is 2.39. The number of hydrogen-bond acceptors (Lipinski definition) is 6. The van der Waals surface area contributed by atoms with Crippen molar-refractivity contribution in [2.24, 2.45) is 0 Å². The first kappa shape index (κ1) is 19.9. The minimum Gasteiger partial charge on any atom is -0.493 e. The van der Waals surface area contributed by atoms with Gasteiger partial charge in [0.15, 0.2) is 11.5 Å². The van der Waals surface area contributed by atoms with Crippen LogP contribution in [0.4, 0.5) is 0 Å². The maximum atomic E-state index is 13.2. The lowest BCUT2D eigenvalue weighted by Crippen LogP contribution is -2.31. The normalized spacial score (nSPS) is 14.2. The number of carbonyl (C=O) groups is 2. The zero-order valence-electron chi connectivity index (χ0n) is 16.3. The number of nitrogens with zero attached hydrogens (tertiary/aromatic N) is 2. The van der Waals surface area contributed by atoms with Gasteiger partial charge in [-0.1, -0.05) is 26.0 Å². The molecule has 3 rings (SSSR count). The van der Waals surface area contributed by atoms with E-state index < -0.39 is 0 Å². The summed E-state index contributed by atoms with van der Waals surface area (Å²) in [6, 6.07) is 8.87. The molecule has 0 radical (unpaired) electrons. The van der Waals surface area contributed by atoms with Gasteiger partial charge in [-0.2, -0.15) is 0 Å². The number of amides is 2. The van der Waals surface area contributed by atoms with Crippen LogP contribution < -0.4 is 9.47 Å². The Morgan fingerprint density at radius 2 is 1.82 bits per heavy atom. The first-order valence-electron chi connectivity index (χ1n) is 8.84. The largest absolute Gasteiger partial charge is 0.493 e. The van der Waals surface area contributed by atoms with Crippen LogP contribution in [0.25, 0.3) is 5.57 Å². The summed E-state index contributed by atoms with van der Waals surface area (Å²) in [6.45, 7) is 4.17. The first-order valence-corrected chi connectivity index (χ1v) is 9.72. The van der Waals surface area contributed by atoms with E-state index in [4.69, 9.17) is 9.47 Å².